The van der Waals surface area contributed by atoms with Gasteiger partial charge in [-0.15, -0.1) is 0 Å². The van der Waals surface area contributed by atoms with E-state index in [-0.39, 0.29) is 11.4 Å². The zero-order valence-corrected chi connectivity index (χ0v) is 10.4. The van der Waals surface area contributed by atoms with Gasteiger partial charge in [0.25, 0.3) is 0 Å². The van der Waals surface area contributed by atoms with Gasteiger partial charge in [-0.3, -0.25) is 0 Å². The smallest absolute Gasteiger partial charge is 0.344 e. The predicted molar refractivity (Wildman–Crippen MR) is 62.2 cm³/mol. The molecule has 0 saturated carbocycles. The Bertz CT molecular complexity index is 461. The lowest BCUT2D eigenvalue weighted by Gasteiger charge is -2.29. The first-order valence-corrected chi connectivity index (χ1v) is 5.45. The summed E-state index contributed by atoms with van der Waals surface area (Å²) in [6, 6.07) is 4.57. The third kappa shape index (κ3) is 3.62. The van der Waals surface area contributed by atoms with Crippen LogP contribution in [0.2, 0.25) is 0 Å². The monoisotopic (exact) mass is 257 g/mol. The Hall–Kier alpha value is -1.77. The van der Waals surface area contributed by atoms with E-state index < -0.39 is 18.8 Å². The van der Waals surface area contributed by atoms with Gasteiger partial charge in [-0.25, -0.2) is 4.98 Å². The zero-order chi connectivity index (χ0) is 13.9. The molecule has 0 aliphatic heterocycles. The highest BCUT2D eigenvalue weighted by atomic mass is 19.4. The lowest BCUT2D eigenvalue weighted by Crippen LogP contribution is -2.40. The van der Waals surface area contributed by atoms with Crippen LogP contribution >= 0.6 is 0 Å². The third-order valence-electron chi connectivity index (χ3n) is 2.38. The second-order valence-electron chi connectivity index (χ2n) is 4.27. The summed E-state index contributed by atoms with van der Waals surface area (Å²) in [5.41, 5.74) is 0.732. The summed E-state index contributed by atoms with van der Waals surface area (Å²) in [7, 11) is 0. The van der Waals surface area contributed by atoms with Crippen LogP contribution in [0.3, 0.4) is 0 Å². The van der Waals surface area contributed by atoms with E-state index in [1.54, 1.807) is 26.8 Å². The highest BCUT2D eigenvalue weighted by Crippen LogP contribution is 2.25. The Balaban J connectivity index is 3.22. The molecule has 0 aliphatic rings. The van der Waals surface area contributed by atoms with Crippen LogP contribution in [0.1, 0.15) is 25.1 Å². The average molecular weight is 257 g/mol. The van der Waals surface area contributed by atoms with Crippen LogP contribution in [0.5, 0.6) is 0 Å². The number of rotatable bonds is 3. The van der Waals surface area contributed by atoms with Gasteiger partial charge in [0, 0.05) is 11.7 Å². The Morgan fingerprint density at radius 3 is 2.44 bits per heavy atom. The topological polar surface area (TPSA) is 39.9 Å². The first-order chi connectivity index (χ1) is 8.24. The van der Waals surface area contributed by atoms with Crippen LogP contribution < -0.4 is 4.90 Å². The molecule has 98 valence electrons. The first kappa shape index (κ1) is 14.3. The lowest BCUT2D eigenvalue weighted by molar-refractivity contribution is -0.120. The van der Waals surface area contributed by atoms with Crippen molar-refractivity contribution < 1.29 is 13.2 Å². The Morgan fingerprint density at radius 2 is 2.00 bits per heavy atom. The summed E-state index contributed by atoms with van der Waals surface area (Å²) in [6.45, 7) is 3.83. The Morgan fingerprint density at radius 1 is 1.39 bits per heavy atom. The van der Waals surface area contributed by atoms with Crippen molar-refractivity contribution in [3.8, 4) is 6.07 Å². The number of nitrogens with zero attached hydrogens (tertiary/aromatic N) is 3. The molecule has 1 rings (SSSR count). The normalized spacial score (nSPS) is 11.4. The van der Waals surface area contributed by atoms with E-state index in [2.05, 4.69) is 4.98 Å². The number of pyridine rings is 1. The number of aromatic nitrogens is 1. The van der Waals surface area contributed by atoms with Gasteiger partial charge in [-0.2, -0.15) is 18.4 Å². The molecule has 0 amide bonds. The van der Waals surface area contributed by atoms with Crippen LogP contribution in [0.4, 0.5) is 19.0 Å². The molecule has 0 aliphatic carbocycles. The second kappa shape index (κ2) is 5.25. The van der Waals surface area contributed by atoms with Gasteiger partial charge in [0.2, 0.25) is 0 Å². The predicted octanol–water partition coefficient (Wildman–Crippen LogP) is 3.04. The summed E-state index contributed by atoms with van der Waals surface area (Å²) in [4.78, 5) is 5.14. The van der Waals surface area contributed by atoms with Crippen LogP contribution in [-0.4, -0.2) is 23.7 Å². The Kier molecular flexibility index (Phi) is 4.17. The molecule has 0 aromatic carbocycles. The highest BCUT2D eigenvalue weighted by molar-refractivity contribution is 5.55. The number of nitriles is 1. The fourth-order valence-corrected chi connectivity index (χ4v) is 1.54. The van der Waals surface area contributed by atoms with Crippen LogP contribution in [0.15, 0.2) is 12.1 Å². The van der Waals surface area contributed by atoms with Crippen LogP contribution in [0, 0.1) is 18.3 Å². The zero-order valence-electron chi connectivity index (χ0n) is 10.4. The van der Waals surface area contributed by atoms with Gasteiger partial charge in [0.1, 0.15) is 18.4 Å². The highest BCUT2D eigenvalue weighted by Gasteiger charge is 2.33. The summed E-state index contributed by atoms with van der Waals surface area (Å²) >= 11 is 0. The Labute approximate surface area is 104 Å². The molecule has 18 heavy (non-hydrogen) atoms. The molecule has 0 fully saturated rings. The number of aryl methyl sites for hydroxylation is 1. The molecule has 1 aromatic heterocycles. The minimum atomic E-state index is -4.33. The van der Waals surface area contributed by atoms with Crippen molar-refractivity contribution in [2.24, 2.45) is 0 Å². The second-order valence-corrected chi connectivity index (χ2v) is 4.27. The molecule has 0 radical (unpaired) electrons. The maximum Gasteiger partial charge on any atom is 0.405 e. The molecule has 0 N–H and O–H groups in total. The van der Waals surface area contributed by atoms with E-state index in [4.69, 9.17) is 5.26 Å². The standard InChI is InChI=1S/C12H14F3N3/c1-8(2)18(7-12(13,14)15)11-10(6-16)5-4-9(3)17-11/h4-5,8H,7H2,1-3H3. The van der Waals surface area contributed by atoms with Gasteiger partial charge in [-0.1, -0.05) is 0 Å². The number of hydrogen-bond donors (Lipinski definition) is 0. The van der Waals surface area contributed by atoms with Crippen molar-refractivity contribution in [3.63, 3.8) is 0 Å². The van der Waals surface area contributed by atoms with E-state index in [0.717, 1.165) is 4.90 Å². The van der Waals surface area contributed by atoms with Crippen molar-refractivity contribution in [3.05, 3.63) is 23.4 Å². The molecule has 3 nitrogen and oxygen atoms in total. The molecule has 0 bridgehead atoms. The van der Waals surface area contributed by atoms with E-state index >= 15 is 0 Å². The van der Waals surface area contributed by atoms with Crippen molar-refractivity contribution in [2.45, 2.75) is 33.0 Å². The lowest BCUT2D eigenvalue weighted by atomic mass is 10.2. The van der Waals surface area contributed by atoms with Gasteiger partial charge in [0.15, 0.2) is 0 Å². The summed E-state index contributed by atoms with van der Waals surface area (Å²) in [5, 5.41) is 8.94. The van der Waals surface area contributed by atoms with Crippen molar-refractivity contribution in [2.75, 3.05) is 11.4 Å². The third-order valence-corrected chi connectivity index (χ3v) is 2.38. The quantitative estimate of drug-likeness (QED) is 0.835. The molecule has 0 atom stereocenters. The summed E-state index contributed by atoms with van der Waals surface area (Å²) in [6.07, 6.45) is -4.33. The molecule has 0 spiro atoms. The molecular formula is C12H14F3N3. The van der Waals surface area contributed by atoms with Gasteiger partial charge >= 0.3 is 6.18 Å². The molecule has 0 unspecified atom stereocenters. The van der Waals surface area contributed by atoms with Crippen molar-refractivity contribution >= 4 is 5.82 Å². The number of hydrogen-bond acceptors (Lipinski definition) is 3. The first-order valence-electron chi connectivity index (χ1n) is 5.45. The molecule has 0 saturated heterocycles. The number of anilines is 1. The van der Waals surface area contributed by atoms with Crippen LogP contribution in [0.25, 0.3) is 0 Å². The fraction of sp³-hybridized carbons (Fsp3) is 0.500. The molecular weight excluding hydrogens is 243 g/mol. The van der Waals surface area contributed by atoms with Crippen molar-refractivity contribution in [1.82, 2.24) is 4.98 Å². The fourth-order valence-electron chi connectivity index (χ4n) is 1.54. The number of halogens is 3. The SMILES string of the molecule is Cc1ccc(C#N)c(N(CC(F)(F)F)C(C)C)n1. The number of alkyl halides is 3. The minimum Gasteiger partial charge on any atom is -0.344 e. The van der Waals surface area contributed by atoms with Crippen LogP contribution in [-0.2, 0) is 0 Å². The van der Waals surface area contributed by atoms with Gasteiger partial charge < -0.3 is 4.90 Å². The van der Waals surface area contributed by atoms with E-state index in [1.165, 1.54) is 6.07 Å². The van der Waals surface area contributed by atoms with E-state index in [0.29, 0.717) is 5.69 Å². The van der Waals surface area contributed by atoms with Gasteiger partial charge in [0.05, 0.1) is 5.56 Å². The summed E-state index contributed by atoms with van der Waals surface area (Å²) in [5.74, 6) is 0.0878. The van der Waals surface area contributed by atoms with E-state index in [9.17, 15) is 13.2 Å². The molecule has 1 aromatic rings. The largest absolute Gasteiger partial charge is 0.405 e. The molecule has 1 heterocycles. The average Bonchev–Trinajstić information content (AvgIpc) is 2.24. The maximum atomic E-state index is 12.5. The minimum absolute atomic E-state index is 0.0878. The van der Waals surface area contributed by atoms with E-state index in [1.807, 2.05) is 6.07 Å². The summed E-state index contributed by atoms with van der Waals surface area (Å²) < 4.78 is 37.6. The molecule has 6 heteroatoms. The van der Waals surface area contributed by atoms with Crippen molar-refractivity contribution in [1.29, 1.82) is 5.26 Å². The maximum absolute atomic E-state index is 12.5. The van der Waals surface area contributed by atoms with Gasteiger partial charge in [-0.05, 0) is 32.9 Å².